The van der Waals surface area contributed by atoms with E-state index in [0.29, 0.717) is 5.82 Å². The number of hydrogen-bond acceptors (Lipinski definition) is 10. The summed E-state index contributed by atoms with van der Waals surface area (Å²) in [5.74, 6) is 2.29. The molecule has 0 atom stereocenters. The number of hydrogen-bond donors (Lipinski definition) is 4. The SMILES string of the molecule is CC.CC(C)(C)c1cc(Nc2ccc(-c3csc4nc(N5CCNCC5)ncc4nc[nH]3)cc2)no1.NC=O. The van der Waals surface area contributed by atoms with Crippen LogP contribution in [0.25, 0.3) is 21.6 Å². The second-order valence-corrected chi connectivity index (χ2v) is 10.2. The van der Waals surface area contributed by atoms with E-state index in [1.54, 1.807) is 23.9 Å². The van der Waals surface area contributed by atoms with Crippen LogP contribution in [0.4, 0.5) is 17.5 Å². The van der Waals surface area contributed by atoms with Gasteiger partial charge < -0.3 is 30.8 Å². The monoisotopic (exact) mass is 551 g/mol. The number of aromatic nitrogens is 5. The molecular formula is C27H37N9O2S. The molecule has 1 aliphatic heterocycles. The predicted molar refractivity (Wildman–Crippen MR) is 158 cm³/mol. The van der Waals surface area contributed by atoms with Crippen LogP contribution in [0, 0.1) is 0 Å². The summed E-state index contributed by atoms with van der Waals surface area (Å²) in [6.07, 6.45) is 3.73. The molecule has 0 saturated carbocycles. The molecule has 1 amide bonds. The number of piperazine rings is 1. The Morgan fingerprint density at radius 2 is 1.82 bits per heavy atom. The highest BCUT2D eigenvalue weighted by molar-refractivity contribution is 7.16. The maximum Gasteiger partial charge on any atom is 0.226 e. The molecule has 208 valence electrons. The number of carbonyl (C=O) groups excluding carboxylic acids is 1. The Morgan fingerprint density at radius 3 is 2.46 bits per heavy atom. The van der Waals surface area contributed by atoms with Gasteiger partial charge in [0, 0.05) is 48.7 Å². The minimum absolute atomic E-state index is 0.0817. The van der Waals surface area contributed by atoms with Crippen molar-refractivity contribution in [2.45, 2.75) is 40.0 Å². The fourth-order valence-electron chi connectivity index (χ4n) is 3.58. The van der Waals surface area contributed by atoms with Gasteiger partial charge in [0.05, 0.1) is 18.2 Å². The van der Waals surface area contributed by atoms with Crippen LogP contribution < -0.4 is 21.3 Å². The van der Waals surface area contributed by atoms with Gasteiger partial charge in [0.25, 0.3) is 0 Å². The van der Waals surface area contributed by atoms with E-state index >= 15 is 0 Å². The number of amides is 1. The summed E-state index contributed by atoms with van der Waals surface area (Å²) in [7, 11) is 0. The maximum absolute atomic E-state index is 8.58. The number of aromatic amines is 1. The van der Waals surface area contributed by atoms with E-state index in [1.807, 2.05) is 32.0 Å². The van der Waals surface area contributed by atoms with Gasteiger partial charge in [-0.2, -0.15) is 0 Å². The van der Waals surface area contributed by atoms with E-state index in [0.717, 1.165) is 65.2 Å². The smallest absolute Gasteiger partial charge is 0.226 e. The van der Waals surface area contributed by atoms with E-state index in [1.165, 1.54) is 0 Å². The van der Waals surface area contributed by atoms with Crippen molar-refractivity contribution in [3.05, 3.63) is 54.0 Å². The topological polar surface area (TPSA) is 151 Å². The minimum atomic E-state index is -0.0817. The highest BCUT2D eigenvalue weighted by Crippen LogP contribution is 2.27. The summed E-state index contributed by atoms with van der Waals surface area (Å²) in [6, 6.07) is 10.1. The number of benzene rings is 1. The molecule has 5 N–H and O–H groups in total. The van der Waals surface area contributed by atoms with Gasteiger partial charge in [0.2, 0.25) is 12.4 Å². The Kier molecular flexibility index (Phi) is 10.8. The molecule has 11 nitrogen and oxygen atoms in total. The van der Waals surface area contributed by atoms with E-state index < -0.39 is 0 Å². The zero-order valence-corrected chi connectivity index (χ0v) is 23.9. The lowest BCUT2D eigenvalue weighted by Gasteiger charge is -2.27. The third-order valence-corrected chi connectivity index (χ3v) is 6.43. The number of anilines is 3. The van der Waals surface area contributed by atoms with Crippen molar-refractivity contribution in [1.82, 2.24) is 30.4 Å². The molecule has 0 spiro atoms. The maximum atomic E-state index is 8.58. The third-order valence-electron chi connectivity index (χ3n) is 5.55. The zero-order chi connectivity index (χ0) is 28.3. The van der Waals surface area contributed by atoms with Crippen molar-refractivity contribution in [2.75, 3.05) is 36.4 Å². The molecule has 1 saturated heterocycles. The molecule has 0 bridgehead atoms. The van der Waals surface area contributed by atoms with Crippen molar-refractivity contribution in [1.29, 1.82) is 0 Å². The van der Waals surface area contributed by atoms with Crippen molar-refractivity contribution in [3.63, 3.8) is 0 Å². The number of H-pyrrole nitrogens is 1. The fraction of sp³-hybridized carbons (Fsp3) is 0.370. The van der Waals surface area contributed by atoms with Crippen LogP contribution in [0.2, 0.25) is 0 Å². The van der Waals surface area contributed by atoms with Crippen LogP contribution >= 0.6 is 11.3 Å². The number of rotatable bonds is 4. The lowest BCUT2D eigenvalue weighted by atomic mass is 9.93. The van der Waals surface area contributed by atoms with Gasteiger partial charge in [0.15, 0.2) is 5.82 Å². The van der Waals surface area contributed by atoms with E-state index in [9.17, 15) is 0 Å². The zero-order valence-electron chi connectivity index (χ0n) is 23.1. The van der Waals surface area contributed by atoms with Crippen LogP contribution in [0.5, 0.6) is 0 Å². The van der Waals surface area contributed by atoms with E-state index in [2.05, 4.69) is 79.7 Å². The molecule has 0 unspecified atom stereocenters. The number of nitrogens with two attached hydrogens (primary N) is 1. The minimum Gasteiger partial charge on any atom is -0.372 e. The Labute approximate surface area is 232 Å². The van der Waals surface area contributed by atoms with Gasteiger partial charge >= 0.3 is 0 Å². The van der Waals surface area contributed by atoms with Crippen molar-refractivity contribution in [2.24, 2.45) is 5.73 Å². The second-order valence-electron chi connectivity index (χ2n) is 9.31. The fourth-order valence-corrected chi connectivity index (χ4v) is 4.38. The number of primary amides is 1. The summed E-state index contributed by atoms with van der Waals surface area (Å²) in [5.41, 5.74) is 7.77. The first-order chi connectivity index (χ1) is 18.9. The average Bonchev–Trinajstić information content (AvgIpc) is 3.41. The van der Waals surface area contributed by atoms with Crippen LogP contribution in [0.3, 0.4) is 0 Å². The lowest BCUT2D eigenvalue weighted by molar-refractivity contribution is -0.106. The molecule has 3 aromatic heterocycles. The first-order valence-electron chi connectivity index (χ1n) is 12.9. The molecule has 4 aromatic rings. The lowest BCUT2D eigenvalue weighted by Crippen LogP contribution is -2.44. The molecule has 0 aliphatic carbocycles. The number of carbonyl (C=O) groups is 1. The van der Waals surface area contributed by atoms with Crippen LogP contribution in [-0.4, -0.2) is 57.7 Å². The number of nitrogens with zero attached hydrogens (tertiary/aromatic N) is 5. The van der Waals surface area contributed by atoms with Gasteiger partial charge in [-0.25, -0.2) is 15.0 Å². The molecule has 12 heteroatoms. The number of fused-ring (bicyclic) bond motifs is 1. The van der Waals surface area contributed by atoms with Crippen LogP contribution in [-0.2, 0) is 10.2 Å². The second kappa shape index (κ2) is 14.2. The van der Waals surface area contributed by atoms with Crippen molar-refractivity contribution >= 4 is 45.5 Å². The highest BCUT2D eigenvalue weighted by atomic mass is 32.1. The van der Waals surface area contributed by atoms with Gasteiger partial charge in [-0.1, -0.05) is 51.9 Å². The quantitative estimate of drug-likeness (QED) is 0.263. The normalized spacial score (nSPS) is 12.9. The average molecular weight is 552 g/mol. The summed E-state index contributed by atoms with van der Waals surface area (Å²) in [6.45, 7) is 14.0. The molecule has 4 heterocycles. The number of nitrogens with one attached hydrogen (secondary N) is 3. The first-order valence-corrected chi connectivity index (χ1v) is 13.7. The van der Waals surface area contributed by atoms with Crippen LogP contribution in [0.15, 0.2) is 52.8 Å². The summed E-state index contributed by atoms with van der Waals surface area (Å²) in [4.78, 5) is 28.7. The van der Waals surface area contributed by atoms with Gasteiger partial charge in [-0.15, -0.1) is 11.3 Å². The third kappa shape index (κ3) is 8.23. The summed E-state index contributed by atoms with van der Waals surface area (Å²) >= 11 is 1.55. The Hall–Kier alpha value is -4.03. The summed E-state index contributed by atoms with van der Waals surface area (Å²) in [5, 5.41) is 12.8. The molecule has 0 radical (unpaired) electrons. The van der Waals surface area contributed by atoms with Gasteiger partial charge in [-0.05, 0) is 17.7 Å². The highest BCUT2D eigenvalue weighted by Gasteiger charge is 2.19. The van der Waals surface area contributed by atoms with Gasteiger partial charge in [-0.3, -0.25) is 4.79 Å². The van der Waals surface area contributed by atoms with Crippen molar-refractivity contribution < 1.29 is 9.32 Å². The Morgan fingerprint density at radius 1 is 1.13 bits per heavy atom. The molecule has 1 aromatic carbocycles. The molecular weight excluding hydrogens is 514 g/mol. The Bertz CT molecular complexity index is 1370. The predicted octanol–water partition coefficient (Wildman–Crippen LogP) is 4.77. The molecule has 1 aliphatic rings. The summed E-state index contributed by atoms with van der Waals surface area (Å²) < 4.78 is 5.46. The largest absolute Gasteiger partial charge is 0.372 e. The van der Waals surface area contributed by atoms with E-state index in [4.69, 9.17) is 14.3 Å². The standard InChI is InChI=1S/C24H28N8OS.C2H6.CH3NO/c1-24(2,3)20-12-21(31-33-20)29-17-6-4-16(5-7-17)19-14-34-22-18(27-15-28-19)13-26-23(30-22)32-10-8-25-9-11-32;1-2;2-1-3/h4-7,12-15,25H,8-11H2,1-3H3,(H,27,28)(H,29,31);1-2H3;1H,(H2,2,3). The Balaban J connectivity index is 0.000000787. The molecule has 5 rings (SSSR count). The molecule has 39 heavy (non-hydrogen) atoms. The van der Waals surface area contributed by atoms with E-state index in [-0.39, 0.29) is 11.8 Å². The van der Waals surface area contributed by atoms with Crippen molar-refractivity contribution in [3.8, 4) is 11.3 Å². The van der Waals surface area contributed by atoms with Crippen LogP contribution in [0.1, 0.15) is 40.4 Å². The molecule has 1 fully saturated rings. The first kappa shape index (κ1) is 29.5. The van der Waals surface area contributed by atoms with Gasteiger partial charge in [0.1, 0.15) is 16.1 Å².